The minimum absolute atomic E-state index is 0.102. The van der Waals surface area contributed by atoms with E-state index in [-0.39, 0.29) is 12.1 Å². The van der Waals surface area contributed by atoms with Crippen molar-refractivity contribution in [2.75, 3.05) is 0 Å². The maximum Gasteiger partial charge on any atom is 0.319 e. The minimum atomic E-state index is -0.181. The molecule has 0 bridgehead atoms. The van der Waals surface area contributed by atoms with Gasteiger partial charge in [-0.25, -0.2) is 4.79 Å². The molecule has 2 aromatic rings. The Bertz CT molecular complexity index is 675. The van der Waals surface area contributed by atoms with Gasteiger partial charge in [0.1, 0.15) is 0 Å². The van der Waals surface area contributed by atoms with Crippen LogP contribution < -0.4 is 10.6 Å². The van der Waals surface area contributed by atoms with E-state index >= 15 is 0 Å². The lowest BCUT2D eigenvalue weighted by atomic mass is 10.0. The molecule has 0 fully saturated rings. The summed E-state index contributed by atoms with van der Waals surface area (Å²) in [7, 11) is 0. The number of carbonyl (C=O) groups excluding carboxylic acids is 1. The van der Waals surface area contributed by atoms with Gasteiger partial charge in [0.25, 0.3) is 0 Å². The van der Waals surface area contributed by atoms with E-state index in [1.807, 2.05) is 78.9 Å². The second kappa shape index (κ2) is 6.09. The molecule has 1 aliphatic rings. The minimum Gasteiger partial charge on any atom is -0.327 e. The lowest BCUT2D eigenvalue weighted by molar-refractivity contribution is 0.240. The molecule has 1 unspecified atom stereocenters. The monoisotopic (exact) mass is 276 g/mol. The van der Waals surface area contributed by atoms with E-state index in [1.165, 1.54) is 0 Å². The van der Waals surface area contributed by atoms with Gasteiger partial charge in [0.2, 0.25) is 0 Å². The largest absolute Gasteiger partial charge is 0.327 e. The Morgan fingerprint density at radius 3 is 2.24 bits per heavy atom. The van der Waals surface area contributed by atoms with E-state index < -0.39 is 0 Å². The van der Waals surface area contributed by atoms with Crippen molar-refractivity contribution in [1.82, 2.24) is 10.6 Å². The summed E-state index contributed by atoms with van der Waals surface area (Å²) in [5.41, 5.74) is 2.97. The van der Waals surface area contributed by atoms with Crippen molar-refractivity contribution in [3.63, 3.8) is 0 Å². The third-order valence-corrected chi connectivity index (χ3v) is 3.30. The van der Waals surface area contributed by atoms with Crippen LogP contribution >= 0.6 is 0 Å². The topological polar surface area (TPSA) is 41.1 Å². The van der Waals surface area contributed by atoms with Crippen LogP contribution in [-0.2, 0) is 0 Å². The summed E-state index contributed by atoms with van der Waals surface area (Å²) in [6.45, 7) is 0. The number of amides is 2. The molecule has 2 N–H and O–H groups in total. The molecule has 0 saturated carbocycles. The van der Waals surface area contributed by atoms with Gasteiger partial charge in [-0.2, -0.15) is 0 Å². The van der Waals surface area contributed by atoms with Crippen LogP contribution in [-0.4, -0.2) is 6.03 Å². The van der Waals surface area contributed by atoms with Crippen LogP contribution in [0, 0.1) is 0 Å². The van der Waals surface area contributed by atoms with E-state index in [0.717, 1.165) is 16.8 Å². The molecular weight excluding hydrogens is 260 g/mol. The Balaban J connectivity index is 1.82. The molecule has 0 aromatic heterocycles. The number of benzene rings is 2. The molecule has 0 aliphatic carbocycles. The normalized spacial score (nSPS) is 18.0. The number of rotatable bonds is 3. The number of allylic oxidation sites excluding steroid dienone is 1. The molecule has 1 atom stereocenters. The van der Waals surface area contributed by atoms with Crippen LogP contribution in [0.25, 0.3) is 6.08 Å². The fraction of sp³-hybridized carbons (Fsp3) is 0.0556. The summed E-state index contributed by atoms with van der Waals surface area (Å²) in [6, 6.07) is 19.6. The average molecular weight is 276 g/mol. The Morgan fingerprint density at radius 2 is 1.52 bits per heavy atom. The molecule has 0 radical (unpaired) electrons. The van der Waals surface area contributed by atoms with Gasteiger partial charge in [-0.1, -0.05) is 66.7 Å². The van der Waals surface area contributed by atoms with Gasteiger partial charge in [0.15, 0.2) is 0 Å². The van der Waals surface area contributed by atoms with Crippen molar-refractivity contribution in [1.29, 1.82) is 0 Å². The van der Waals surface area contributed by atoms with E-state index in [9.17, 15) is 4.79 Å². The molecular formula is C18H16N2O. The van der Waals surface area contributed by atoms with Crippen molar-refractivity contribution < 1.29 is 4.79 Å². The number of carbonyl (C=O) groups is 1. The first-order chi connectivity index (χ1) is 10.3. The third kappa shape index (κ3) is 3.39. The Hall–Kier alpha value is -2.81. The third-order valence-electron chi connectivity index (χ3n) is 3.30. The Labute approximate surface area is 124 Å². The van der Waals surface area contributed by atoms with E-state index in [2.05, 4.69) is 10.6 Å². The maximum absolute atomic E-state index is 11.8. The molecule has 1 heterocycles. The Kier molecular flexibility index (Phi) is 3.83. The van der Waals surface area contributed by atoms with Crippen LogP contribution in [0.5, 0.6) is 0 Å². The summed E-state index contributed by atoms with van der Waals surface area (Å²) in [5, 5.41) is 5.71. The van der Waals surface area contributed by atoms with Crippen LogP contribution in [0.4, 0.5) is 4.79 Å². The van der Waals surface area contributed by atoms with Crippen LogP contribution in [0.3, 0.4) is 0 Å². The van der Waals surface area contributed by atoms with Crippen molar-refractivity contribution in [3.8, 4) is 0 Å². The Morgan fingerprint density at radius 1 is 0.857 bits per heavy atom. The SMILES string of the molecule is O=C1NC(C=Cc2ccccc2)=CC(c2ccccc2)N1. The molecule has 3 nitrogen and oxygen atoms in total. The molecule has 0 spiro atoms. The first-order valence-corrected chi connectivity index (χ1v) is 6.89. The highest BCUT2D eigenvalue weighted by Crippen LogP contribution is 2.18. The van der Waals surface area contributed by atoms with Crippen LogP contribution in [0.15, 0.2) is 78.5 Å². The fourth-order valence-electron chi connectivity index (χ4n) is 2.26. The predicted molar refractivity (Wildman–Crippen MR) is 84.4 cm³/mol. The van der Waals surface area contributed by atoms with Gasteiger partial charge < -0.3 is 10.6 Å². The lowest BCUT2D eigenvalue weighted by Gasteiger charge is -2.22. The van der Waals surface area contributed by atoms with Gasteiger partial charge in [-0.05, 0) is 23.3 Å². The highest BCUT2D eigenvalue weighted by Gasteiger charge is 2.17. The van der Waals surface area contributed by atoms with Crippen LogP contribution in [0.2, 0.25) is 0 Å². The number of hydrogen-bond donors (Lipinski definition) is 2. The van der Waals surface area contributed by atoms with Gasteiger partial charge in [0, 0.05) is 5.70 Å². The molecule has 1 aliphatic heterocycles. The fourth-order valence-corrected chi connectivity index (χ4v) is 2.26. The highest BCUT2D eigenvalue weighted by molar-refractivity contribution is 5.79. The van der Waals surface area contributed by atoms with Crippen LogP contribution in [0.1, 0.15) is 17.2 Å². The quantitative estimate of drug-likeness (QED) is 0.883. The molecule has 21 heavy (non-hydrogen) atoms. The van der Waals surface area contributed by atoms with Gasteiger partial charge in [-0.15, -0.1) is 0 Å². The first kappa shape index (κ1) is 13.2. The van der Waals surface area contributed by atoms with E-state index in [4.69, 9.17) is 0 Å². The second-order valence-electron chi connectivity index (χ2n) is 4.85. The average Bonchev–Trinajstić information content (AvgIpc) is 2.54. The molecule has 0 saturated heterocycles. The smallest absolute Gasteiger partial charge is 0.319 e. The lowest BCUT2D eigenvalue weighted by Crippen LogP contribution is -2.40. The first-order valence-electron chi connectivity index (χ1n) is 6.89. The summed E-state index contributed by atoms with van der Waals surface area (Å²) in [4.78, 5) is 11.8. The summed E-state index contributed by atoms with van der Waals surface area (Å²) < 4.78 is 0. The van der Waals surface area contributed by atoms with Crippen molar-refractivity contribution in [2.24, 2.45) is 0 Å². The van der Waals surface area contributed by atoms with Crippen molar-refractivity contribution in [3.05, 3.63) is 89.6 Å². The molecule has 3 heteroatoms. The van der Waals surface area contributed by atoms with E-state index in [1.54, 1.807) is 0 Å². The van der Waals surface area contributed by atoms with Gasteiger partial charge >= 0.3 is 6.03 Å². The standard InChI is InChI=1S/C18H16N2O/c21-18-19-16(12-11-14-7-3-1-4-8-14)13-17(20-18)15-9-5-2-6-10-15/h1-13,17H,(H2,19,20,21). The van der Waals surface area contributed by atoms with E-state index in [0.29, 0.717) is 0 Å². The molecule has 2 amide bonds. The van der Waals surface area contributed by atoms with Crippen molar-refractivity contribution >= 4 is 12.1 Å². The zero-order valence-electron chi connectivity index (χ0n) is 11.5. The summed E-state index contributed by atoms with van der Waals surface area (Å²) >= 11 is 0. The van der Waals surface area contributed by atoms with Gasteiger partial charge in [0.05, 0.1) is 6.04 Å². The predicted octanol–water partition coefficient (Wildman–Crippen LogP) is 3.64. The summed E-state index contributed by atoms with van der Waals surface area (Å²) in [6.07, 6.45) is 5.92. The molecule has 3 rings (SSSR count). The highest BCUT2D eigenvalue weighted by atomic mass is 16.2. The number of hydrogen-bond acceptors (Lipinski definition) is 1. The number of nitrogens with one attached hydrogen (secondary N) is 2. The molecule has 104 valence electrons. The molecule has 2 aromatic carbocycles. The van der Waals surface area contributed by atoms with Crippen molar-refractivity contribution in [2.45, 2.75) is 6.04 Å². The number of urea groups is 1. The van der Waals surface area contributed by atoms with Gasteiger partial charge in [-0.3, -0.25) is 0 Å². The summed E-state index contributed by atoms with van der Waals surface area (Å²) in [5.74, 6) is 0. The second-order valence-corrected chi connectivity index (χ2v) is 4.85. The maximum atomic E-state index is 11.8. The zero-order chi connectivity index (χ0) is 14.5. The zero-order valence-corrected chi connectivity index (χ0v) is 11.5.